The van der Waals surface area contributed by atoms with E-state index in [4.69, 9.17) is 0 Å². The lowest BCUT2D eigenvalue weighted by Crippen LogP contribution is -2.26. The summed E-state index contributed by atoms with van der Waals surface area (Å²) in [6.45, 7) is 0.543. The molecule has 1 heterocycles. The zero-order valence-electron chi connectivity index (χ0n) is 14.7. The molecule has 2 aromatic carbocycles. The molecule has 0 saturated heterocycles. The molecule has 0 saturated carbocycles. The molecule has 0 aliphatic rings. The number of hydrogen-bond acceptors (Lipinski definition) is 3. The van der Waals surface area contributed by atoms with Gasteiger partial charge in [-0.2, -0.15) is 0 Å². The van der Waals surface area contributed by atoms with Gasteiger partial charge in [-0.05, 0) is 28.1 Å². The molecule has 0 fully saturated rings. The number of benzene rings is 2. The monoisotopic (exact) mass is 363 g/mol. The third-order valence-corrected chi connectivity index (χ3v) is 5.18. The fourth-order valence-electron chi connectivity index (χ4n) is 2.77. The molecule has 0 atom stereocenters. The normalized spacial score (nSPS) is 10.5. The molecule has 3 aromatic rings. The number of hydrogen-bond donors (Lipinski definition) is 0. The number of rotatable bonds is 7. The van der Waals surface area contributed by atoms with Crippen LogP contribution in [0.3, 0.4) is 0 Å². The zero-order valence-corrected chi connectivity index (χ0v) is 15.5. The molecule has 0 spiro atoms. The van der Waals surface area contributed by atoms with Crippen molar-refractivity contribution in [2.45, 2.75) is 19.4 Å². The highest BCUT2D eigenvalue weighted by atomic mass is 32.1. The van der Waals surface area contributed by atoms with E-state index in [0.29, 0.717) is 6.54 Å². The summed E-state index contributed by atoms with van der Waals surface area (Å²) < 4.78 is 0. The predicted octanol–water partition coefficient (Wildman–Crippen LogP) is 5.04. The smallest absolute Gasteiger partial charge is 0.223 e. The van der Waals surface area contributed by atoms with Gasteiger partial charge < -0.3 is 4.90 Å². The highest BCUT2D eigenvalue weighted by molar-refractivity contribution is 7.12. The summed E-state index contributed by atoms with van der Waals surface area (Å²) >= 11 is 1.42. The van der Waals surface area contributed by atoms with Crippen LogP contribution in [-0.4, -0.2) is 23.6 Å². The highest BCUT2D eigenvalue weighted by Gasteiger charge is 2.13. The van der Waals surface area contributed by atoms with Crippen LogP contribution in [0.5, 0.6) is 0 Å². The maximum atomic E-state index is 12.3. The molecular formula is C22H21NO2S. The molecule has 3 rings (SSSR count). The van der Waals surface area contributed by atoms with E-state index in [9.17, 15) is 9.59 Å². The Morgan fingerprint density at radius 2 is 1.54 bits per heavy atom. The van der Waals surface area contributed by atoms with Crippen molar-refractivity contribution in [2.24, 2.45) is 0 Å². The molecule has 0 radical (unpaired) electrons. The molecule has 0 N–H and O–H groups in total. The number of thiophene rings is 1. The van der Waals surface area contributed by atoms with Crippen molar-refractivity contribution in [3.8, 4) is 11.1 Å². The summed E-state index contributed by atoms with van der Waals surface area (Å²) in [6.07, 6.45) is 0.506. The SMILES string of the molecule is CN(Cc1ccc(-c2ccccc2)cc1)C(=O)CCC(=O)c1cccs1. The highest BCUT2D eigenvalue weighted by Crippen LogP contribution is 2.20. The molecule has 0 bridgehead atoms. The van der Waals surface area contributed by atoms with Crippen molar-refractivity contribution in [2.75, 3.05) is 7.05 Å². The van der Waals surface area contributed by atoms with Gasteiger partial charge in [0.2, 0.25) is 5.91 Å². The van der Waals surface area contributed by atoms with Crippen LogP contribution in [0.4, 0.5) is 0 Å². The predicted molar refractivity (Wildman–Crippen MR) is 106 cm³/mol. The van der Waals surface area contributed by atoms with Gasteiger partial charge in [-0.15, -0.1) is 11.3 Å². The third kappa shape index (κ3) is 4.67. The van der Waals surface area contributed by atoms with E-state index >= 15 is 0 Å². The molecule has 26 heavy (non-hydrogen) atoms. The second-order valence-corrected chi connectivity index (χ2v) is 7.16. The molecule has 0 unspecified atom stereocenters. The average molecular weight is 363 g/mol. The van der Waals surface area contributed by atoms with Crippen LogP contribution in [0.1, 0.15) is 28.1 Å². The van der Waals surface area contributed by atoms with E-state index in [-0.39, 0.29) is 24.5 Å². The molecule has 0 aliphatic carbocycles. The number of carbonyl (C=O) groups is 2. The molecule has 1 amide bonds. The summed E-state index contributed by atoms with van der Waals surface area (Å²) in [6, 6.07) is 22.1. The maximum Gasteiger partial charge on any atom is 0.223 e. The molecule has 0 aliphatic heterocycles. The molecular weight excluding hydrogens is 342 g/mol. The van der Waals surface area contributed by atoms with Crippen LogP contribution in [0.25, 0.3) is 11.1 Å². The van der Waals surface area contributed by atoms with Crippen LogP contribution in [0.15, 0.2) is 72.1 Å². The van der Waals surface area contributed by atoms with Gasteiger partial charge >= 0.3 is 0 Å². The second-order valence-electron chi connectivity index (χ2n) is 6.21. The minimum Gasteiger partial charge on any atom is -0.341 e. The average Bonchev–Trinajstić information content (AvgIpc) is 3.22. The fraction of sp³-hybridized carbons (Fsp3) is 0.182. The lowest BCUT2D eigenvalue weighted by Gasteiger charge is -2.17. The van der Waals surface area contributed by atoms with E-state index in [2.05, 4.69) is 24.3 Å². The van der Waals surface area contributed by atoms with Gasteiger partial charge in [0.1, 0.15) is 0 Å². The van der Waals surface area contributed by atoms with Crippen LogP contribution in [-0.2, 0) is 11.3 Å². The van der Waals surface area contributed by atoms with E-state index < -0.39 is 0 Å². The molecule has 4 heteroatoms. The van der Waals surface area contributed by atoms with Crippen molar-refractivity contribution in [1.82, 2.24) is 4.90 Å². The largest absolute Gasteiger partial charge is 0.341 e. The summed E-state index contributed by atoms with van der Waals surface area (Å²) in [5.41, 5.74) is 3.41. The van der Waals surface area contributed by atoms with Gasteiger partial charge in [-0.3, -0.25) is 9.59 Å². The van der Waals surface area contributed by atoms with Crippen molar-refractivity contribution in [1.29, 1.82) is 0 Å². The van der Waals surface area contributed by atoms with Gasteiger partial charge in [-0.25, -0.2) is 0 Å². The Balaban J connectivity index is 1.53. The Kier molecular flexibility index (Phi) is 5.97. The Hall–Kier alpha value is -2.72. The van der Waals surface area contributed by atoms with Gasteiger partial charge in [0.05, 0.1) is 4.88 Å². The van der Waals surface area contributed by atoms with Crippen LogP contribution in [0.2, 0.25) is 0 Å². The summed E-state index contributed by atoms with van der Waals surface area (Å²) in [4.78, 5) is 26.7. The second kappa shape index (κ2) is 8.59. The first-order chi connectivity index (χ1) is 12.6. The Morgan fingerprint density at radius 1 is 0.846 bits per heavy atom. The number of nitrogens with zero attached hydrogens (tertiary/aromatic N) is 1. The van der Waals surface area contributed by atoms with Gasteiger partial charge in [0.25, 0.3) is 0 Å². The van der Waals surface area contributed by atoms with Crippen LogP contribution >= 0.6 is 11.3 Å². The van der Waals surface area contributed by atoms with E-state index in [1.807, 2.05) is 41.8 Å². The quantitative estimate of drug-likeness (QED) is 0.552. The molecule has 3 nitrogen and oxygen atoms in total. The van der Waals surface area contributed by atoms with E-state index in [0.717, 1.165) is 16.0 Å². The summed E-state index contributed by atoms with van der Waals surface area (Å²) in [5.74, 6) is 0.0241. The van der Waals surface area contributed by atoms with E-state index in [1.165, 1.54) is 16.9 Å². The number of amides is 1. The number of Topliss-reactive ketones (excluding diaryl/α,β-unsaturated/α-hetero) is 1. The first kappa shape index (κ1) is 18.1. The van der Waals surface area contributed by atoms with Gasteiger partial charge in [-0.1, -0.05) is 60.7 Å². The van der Waals surface area contributed by atoms with Crippen molar-refractivity contribution in [3.05, 3.63) is 82.6 Å². The first-order valence-electron chi connectivity index (χ1n) is 8.58. The fourth-order valence-corrected chi connectivity index (χ4v) is 3.46. The minimum absolute atomic E-state index is 0.0120. The molecule has 132 valence electrons. The summed E-state index contributed by atoms with van der Waals surface area (Å²) in [7, 11) is 1.78. The Bertz CT molecular complexity index is 855. The number of carbonyl (C=O) groups excluding carboxylic acids is 2. The van der Waals surface area contributed by atoms with Crippen LogP contribution < -0.4 is 0 Å². The third-order valence-electron chi connectivity index (χ3n) is 4.27. The zero-order chi connectivity index (χ0) is 18.4. The van der Waals surface area contributed by atoms with Gasteiger partial charge in [0.15, 0.2) is 5.78 Å². The number of ketones is 1. The lowest BCUT2D eigenvalue weighted by atomic mass is 10.0. The van der Waals surface area contributed by atoms with E-state index in [1.54, 1.807) is 18.0 Å². The Morgan fingerprint density at radius 3 is 2.19 bits per heavy atom. The van der Waals surface area contributed by atoms with Crippen molar-refractivity contribution < 1.29 is 9.59 Å². The molecule has 1 aromatic heterocycles. The first-order valence-corrected chi connectivity index (χ1v) is 9.46. The van der Waals surface area contributed by atoms with Crippen LogP contribution in [0, 0.1) is 0 Å². The van der Waals surface area contributed by atoms with Gasteiger partial charge in [0, 0.05) is 26.4 Å². The standard InChI is InChI=1S/C22H21NO2S/c1-23(22(25)14-13-20(24)21-8-5-15-26-21)16-17-9-11-19(12-10-17)18-6-3-2-4-7-18/h2-12,15H,13-14,16H2,1H3. The van der Waals surface area contributed by atoms with Crippen molar-refractivity contribution >= 4 is 23.0 Å². The Labute approximate surface area is 157 Å². The lowest BCUT2D eigenvalue weighted by molar-refractivity contribution is -0.130. The minimum atomic E-state index is -0.0120. The van der Waals surface area contributed by atoms with Crippen molar-refractivity contribution in [3.63, 3.8) is 0 Å². The maximum absolute atomic E-state index is 12.3. The summed E-state index contributed by atoms with van der Waals surface area (Å²) in [5, 5.41) is 1.88. The topological polar surface area (TPSA) is 37.4 Å².